The average Bonchev–Trinajstić information content (AvgIpc) is 3.37. The minimum absolute atomic E-state index is 0.0259. The molecule has 0 aliphatic carbocycles. The highest BCUT2D eigenvalue weighted by atomic mass is 16.1. The number of Topliss-reactive ketones (excluding diaryl/α,β-unsaturated/α-hetero) is 1. The maximum atomic E-state index is 13.1. The average molecular weight is 465 g/mol. The van der Waals surface area contributed by atoms with Gasteiger partial charge in [-0.25, -0.2) is 24.9 Å². The van der Waals surface area contributed by atoms with Crippen LogP contribution in [0.3, 0.4) is 0 Å². The van der Waals surface area contributed by atoms with Gasteiger partial charge in [-0.05, 0) is 31.3 Å². The van der Waals surface area contributed by atoms with Crippen LogP contribution in [0.5, 0.6) is 0 Å². The Bertz CT molecular complexity index is 1540. The zero-order valence-electron chi connectivity index (χ0n) is 19.3. The maximum absolute atomic E-state index is 13.1. The number of aromatic nitrogens is 6. The van der Waals surface area contributed by atoms with Crippen LogP contribution in [-0.4, -0.2) is 73.8 Å². The van der Waals surface area contributed by atoms with E-state index in [2.05, 4.69) is 46.8 Å². The lowest BCUT2D eigenvalue weighted by molar-refractivity contribution is 0.0991. The molecule has 9 nitrogen and oxygen atoms in total. The molecule has 1 aliphatic heterocycles. The van der Waals surface area contributed by atoms with Crippen molar-refractivity contribution in [2.45, 2.75) is 6.42 Å². The Labute approximate surface area is 201 Å². The van der Waals surface area contributed by atoms with Crippen LogP contribution in [0.4, 0.5) is 5.82 Å². The number of carbonyl (C=O) groups is 1. The van der Waals surface area contributed by atoms with Gasteiger partial charge in [0.05, 0.1) is 23.8 Å². The Hall–Kier alpha value is -4.24. The van der Waals surface area contributed by atoms with Crippen molar-refractivity contribution in [3.05, 3.63) is 72.6 Å². The molecule has 0 radical (unpaired) electrons. The lowest BCUT2D eigenvalue weighted by Gasteiger charge is -2.33. The molecule has 1 aromatic carbocycles. The highest BCUT2D eigenvalue weighted by Gasteiger charge is 2.17. The summed E-state index contributed by atoms with van der Waals surface area (Å²) in [6.07, 6.45) is 7.16. The molecule has 1 fully saturated rings. The van der Waals surface area contributed by atoms with Gasteiger partial charge in [-0.15, -0.1) is 0 Å². The number of nitrogens with one attached hydrogen (secondary N) is 1. The first-order valence-electron chi connectivity index (χ1n) is 11.6. The Morgan fingerprint density at radius 3 is 2.71 bits per heavy atom. The minimum Gasteiger partial charge on any atom is -0.354 e. The summed E-state index contributed by atoms with van der Waals surface area (Å²) in [4.78, 5) is 43.3. The van der Waals surface area contributed by atoms with E-state index in [-0.39, 0.29) is 12.2 Å². The highest BCUT2D eigenvalue weighted by molar-refractivity contribution is 5.98. The molecule has 5 aromatic rings. The monoisotopic (exact) mass is 464 g/mol. The second-order valence-electron chi connectivity index (χ2n) is 8.82. The number of likely N-dealkylation sites (N-methyl/N-ethyl adjacent to an activating group) is 1. The molecule has 4 aromatic heterocycles. The van der Waals surface area contributed by atoms with Gasteiger partial charge in [-0.2, -0.15) is 0 Å². The van der Waals surface area contributed by atoms with Gasteiger partial charge in [0.25, 0.3) is 0 Å². The molecule has 0 atom stereocenters. The van der Waals surface area contributed by atoms with Crippen LogP contribution >= 0.6 is 0 Å². The van der Waals surface area contributed by atoms with Gasteiger partial charge in [0.2, 0.25) is 0 Å². The Morgan fingerprint density at radius 1 is 0.943 bits per heavy atom. The number of aromatic amines is 1. The van der Waals surface area contributed by atoms with E-state index < -0.39 is 0 Å². The number of pyridine rings is 1. The first kappa shape index (κ1) is 21.3. The lowest BCUT2D eigenvalue weighted by Crippen LogP contribution is -2.44. The third-order valence-corrected chi connectivity index (χ3v) is 6.40. The zero-order chi connectivity index (χ0) is 23.8. The second kappa shape index (κ2) is 8.84. The molecule has 1 aliphatic rings. The number of carbonyl (C=O) groups excluding carboxylic acids is 1. The van der Waals surface area contributed by atoms with E-state index in [0.29, 0.717) is 11.4 Å². The third-order valence-electron chi connectivity index (χ3n) is 6.40. The van der Waals surface area contributed by atoms with Crippen molar-refractivity contribution in [3.8, 4) is 11.3 Å². The molecular weight excluding hydrogens is 440 g/mol. The van der Waals surface area contributed by atoms with Crippen LogP contribution in [0.25, 0.3) is 33.3 Å². The summed E-state index contributed by atoms with van der Waals surface area (Å²) in [7, 11) is 2.12. The standard InChI is InChI=1S/C26H24N8O/c1-33-8-10-34(11-9-33)25-13-18(4-6-27-25)23(35)14-24-29-15-19-3-2-17(12-21(19)32-24)22-16-30-26-20(31-22)5-7-28-26/h2-7,12-13,15-16H,8-11,14H2,1H3,(H,28,30). The van der Waals surface area contributed by atoms with Crippen LogP contribution in [0.15, 0.2) is 61.2 Å². The molecule has 9 heteroatoms. The predicted octanol–water partition coefficient (Wildman–Crippen LogP) is 3.14. The minimum atomic E-state index is -0.0259. The SMILES string of the molecule is CN1CCN(c2cc(C(=O)Cc3ncc4ccc(-c5cnc6[nH]ccc6n5)cc4n3)ccn2)CC1. The first-order valence-corrected chi connectivity index (χ1v) is 11.6. The Balaban J connectivity index is 1.24. The van der Waals surface area contributed by atoms with Crippen molar-refractivity contribution in [1.29, 1.82) is 0 Å². The maximum Gasteiger partial charge on any atom is 0.170 e. The molecule has 0 unspecified atom stereocenters. The van der Waals surface area contributed by atoms with Crippen molar-refractivity contribution in [2.24, 2.45) is 0 Å². The summed E-state index contributed by atoms with van der Waals surface area (Å²) in [5.74, 6) is 1.31. The number of H-pyrrole nitrogens is 1. The molecule has 1 saturated heterocycles. The summed E-state index contributed by atoms with van der Waals surface area (Å²) in [5.41, 5.74) is 4.64. The number of anilines is 1. The number of nitrogens with zero attached hydrogens (tertiary/aromatic N) is 7. The molecule has 1 N–H and O–H groups in total. The molecule has 0 amide bonds. The van der Waals surface area contributed by atoms with Gasteiger partial charge in [0.1, 0.15) is 17.2 Å². The van der Waals surface area contributed by atoms with E-state index in [9.17, 15) is 4.79 Å². The summed E-state index contributed by atoms with van der Waals surface area (Å²) in [6, 6.07) is 11.4. The van der Waals surface area contributed by atoms with Crippen LogP contribution in [0.2, 0.25) is 0 Å². The van der Waals surface area contributed by atoms with E-state index in [1.165, 1.54) is 0 Å². The quantitative estimate of drug-likeness (QED) is 0.396. The van der Waals surface area contributed by atoms with Gasteiger partial charge >= 0.3 is 0 Å². The third kappa shape index (κ3) is 4.33. The van der Waals surface area contributed by atoms with Gasteiger partial charge in [-0.1, -0.05) is 12.1 Å². The molecule has 0 spiro atoms. The van der Waals surface area contributed by atoms with Crippen LogP contribution in [0.1, 0.15) is 16.2 Å². The van der Waals surface area contributed by atoms with Gasteiger partial charge in [0.15, 0.2) is 11.4 Å². The summed E-state index contributed by atoms with van der Waals surface area (Å²) >= 11 is 0. The summed E-state index contributed by atoms with van der Waals surface area (Å²) < 4.78 is 0. The molecule has 35 heavy (non-hydrogen) atoms. The fourth-order valence-electron chi connectivity index (χ4n) is 4.32. The highest BCUT2D eigenvalue weighted by Crippen LogP contribution is 2.23. The number of hydrogen-bond acceptors (Lipinski definition) is 8. The molecular formula is C26H24N8O. The molecule has 5 heterocycles. The number of piperazine rings is 1. The number of ketones is 1. The fourth-order valence-corrected chi connectivity index (χ4v) is 4.32. The zero-order valence-corrected chi connectivity index (χ0v) is 19.3. The number of hydrogen-bond donors (Lipinski definition) is 1. The van der Waals surface area contributed by atoms with E-state index >= 15 is 0 Å². The number of benzene rings is 1. The van der Waals surface area contributed by atoms with E-state index in [4.69, 9.17) is 0 Å². The normalized spacial score (nSPS) is 14.6. The van der Waals surface area contributed by atoms with Crippen molar-refractivity contribution >= 4 is 33.7 Å². The second-order valence-corrected chi connectivity index (χ2v) is 8.82. The number of rotatable bonds is 5. The Morgan fingerprint density at radius 2 is 1.83 bits per heavy atom. The van der Waals surface area contributed by atoms with Crippen LogP contribution in [0, 0.1) is 0 Å². The van der Waals surface area contributed by atoms with E-state index in [0.717, 1.165) is 65.3 Å². The van der Waals surface area contributed by atoms with Crippen LogP contribution in [-0.2, 0) is 6.42 Å². The molecule has 174 valence electrons. The fraction of sp³-hybridized carbons (Fsp3) is 0.231. The molecule has 0 bridgehead atoms. The summed E-state index contributed by atoms with van der Waals surface area (Å²) in [6.45, 7) is 3.77. The Kier molecular flexibility index (Phi) is 5.38. The smallest absolute Gasteiger partial charge is 0.170 e. The number of fused-ring (bicyclic) bond motifs is 2. The van der Waals surface area contributed by atoms with Gasteiger partial charge < -0.3 is 14.8 Å². The van der Waals surface area contributed by atoms with E-state index in [1.54, 1.807) is 24.7 Å². The van der Waals surface area contributed by atoms with Crippen molar-refractivity contribution in [2.75, 3.05) is 38.1 Å². The summed E-state index contributed by atoms with van der Waals surface area (Å²) in [5, 5.41) is 0.905. The van der Waals surface area contributed by atoms with Crippen molar-refractivity contribution in [1.82, 2.24) is 34.8 Å². The topological polar surface area (TPSA) is 104 Å². The first-order chi connectivity index (χ1) is 17.1. The van der Waals surface area contributed by atoms with Gasteiger partial charge in [-0.3, -0.25) is 4.79 Å². The van der Waals surface area contributed by atoms with E-state index in [1.807, 2.05) is 36.5 Å². The van der Waals surface area contributed by atoms with Crippen molar-refractivity contribution < 1.29 is 4.79 Å². The van der Waals surface area contributed by atoms with Gasteiger partial charge in [0, 0.05) is 61.3 Å². The molecule has 0 saturated carbocycles. The molecule has 6 rings (SSSR count). The lowest BCUT2D eigenvalue weighted by atomic mass is 10.1. The van der Waals surface area contributed by atoms with Crippen molar-refractivity contribution in [3.63, 3.8) is 0 Å². The van der Waals surface area contributed by atoms with Crippen LogP contribution < -0.4 is 4.90 Å². The largest absolute Gasteiger partial charge is 0.354 e. The predicted molar refractivity (Wildman–Crippen MR) is 134 cm³/mol.